The van der Waals surface area contributed by atoms with Gasteiger partial charge in [-0.15, -0.1) is 0 Å². The van der Waals surface area contributed by atoms with Crippen LogP contribution in [0.2, 0.25) is 0 Å². The number of carbonyl (C=O) groups excluding carboxylic acids is 3. The maximum atomic E-state index is 12.8. The van der Waals surface area contributed by atoms with Crippen LogP contribution in [0.3, 0.4) is 0 Å². The summed E-state index contributed by atoms with van der Waals surface area (Å²) in [4.78, 5) is 48.7. The molecule has 0 saturated heterocycles. The largest absolute Gasteiger partial charge is 0.480 e. The number of hydrogen-bond donors (Lipinski definition) is 4. The smallest absolute Gasteiger partial charge is 0.329 e. The van der Waals surface area contributed by atoms with Crippen LogP contribution in [0.5, 0.6) is 0 Å². The maximum absolute atomic E-state index is 12.8. The molecular formula is C21H25N3O6S. The standard InChI is InChI=1S/C21H25N3O6S/c22-15-13-31-10-6-2-5-9-18(25)30-12-17(21(28)29)24-20(27)16(23-19(15)26)11-14-7-3-1-4-8-14/h1,3-4,7-8,15-17H,2,5,9,11-13,22H2,(H,23,26)(H,24,27)(H,28,29)/t15-,16-,17-/m0/s1. The molecule has 2 amide bonds. The van der Waals surface area contributed by atoms with Crippen molar-refractivity contribution >= 4 is 35.5 Å². The minimum absolute atomic E-state index is 0.0792. The van der Waals surface area contributed by atoms with Crippen molar-refractivity contribution < 1.29 is 29.0 Å². The lowest BCUT2D eigenvalue weighted by molar-refractivity contribution is -0.150. The Hall–Kier alpha value is -3.03. The zero-order valence-electron chi connectivity index (χ0n) is 16.8. The number of hydrogen-bond acceptors (Lipinski definition) is 7. The number of carboxylic acids is 1. The van der Waals surface area contributed by atoms with E-state index >= 15 is 0 Å². The second-order valence-electron chi connectivity index (χ2n) is 6.88. The highest BCUT2D eigenvalue weighted by molar-refractivity contribution is 8.03. The number of ether oxygens (including phenoxy) is 1. The topological polar surface area (TPSA) is 148 Å². The van der Waals surface area contributed by atoms with Crippen molar-refractivity contribution in [2.24, 2.45) is 5.73 Å². The van der Waals surface area contributed by atoms with Crippen LogP contribution in [0.25, 0.3) is 0 Å². The van der Waals surface area contributed by atoms with Crippen LogP contribution in [-0.2, 0) is 30.3 Å². The predicted octanol–water partition coefficient (Wildman–Crippen LogP) is 0.0318. The van der Waals surface area contributed by atoms with Gasteiger partial charge in [0.2, 0.25) is 11.8 Å². The van der Waals surface area contributed by atoms with E-state index in [4.69, 9.17) is 10.5 Å². The Morgan fingerprint density at radius 3 is 2.65 bits per heavy atom. The van der Waals surface area contributed by atoms with E-state index in [9.17, 15) is 24.3 Å². The zero-order valence-corrected chi connectivity index (χ0v) is 17.7. The molecule has 0 radical (unpaired) electrons. The zero-order chi connectivity index (χ0) is 22.6. The maximum Gasteiger partial charge on any atom is 0.329 e. The molecule has 5 N–H and O–H groups in total. The lowest BCUT2D eigenvalue weighted by Gasteiger charge is -2.23. The van der Waals surface area contributed by atoms with E-state index in [0.717, 1.165) is 5.56 Å². The summed E-state index contributed by atoms with van der Waals surface area (Å²) in [5, 5.41) is 17.2. The Morgan fingerprint density at radius 2 is 1.94 bits per heavy atom. The molecule has 0 aromatic heterocycles. The third kappa shape index (κ3) is 8.70. The fourth-order valence-corrected chi connectivity index (χ4v) is 3.28. The van der Waals surface area contributed by atoms with Crippen LogP contribution in [0.1, 0.15) is 24.8 Å². The Kier molecular flexibility index (Phi) is 9.87. The van der Waals surface area contributed by atoms with Gasteiger partial charge in [-0.25, -0.2) is 4.79 Å². The molecule has 0 aliphatic carbocycles. The number of carbonyl (C=O) groups is 4. The van der Waals surface area contributed by atoms with E-state index in [1.54, 1.807) is 24.3 Å². The van der Waals surface area contributed by atoms with E-state index in [-0.39, 0.29) is 18.6 Å². The molecule has 1 heterocycles. The van der Waals surface area contributed by atoms with Gasteiger partial charge in [-0.2, -0.15) is 0 Å². The van der Waals surface area contributed by atoms with E-state index in [2.05, 4.69) is 21.8 Å². The number of nitrogens with one attached hydrogen (secondary N) is 2. The Morgan fingerprint density at radius 1 is 1.19 bits per heavy atom. The Balaban J connectivity index is 2.21. The third-order valence-corrected chi connectivity index (χ3v) is 5.18. The van der Waals surface area contributed by atoms with Gasteiger partial charge in [0.15, 0.2) is 6.04 Å². The van der Waals surface area contributed by atoms with Crippen molar-refractivity contribution in [3.8, 4) is 11.2 Å². The van der Waals surface area contributed by atoms with Crippen LogP contribution in [0.4, 0.5) is 0 Å². The quantitative estimate of drug-likeness (QED) is 0.375. The van der Waals surface area contributed by atoms with Crippen LogP contribution in [0.15, 0.2) is 30.3 Å². The number of cyclic esters (lactones) is 1. The fraction of sp³-hybridized carbons (Fsp3) is 0.429. The lowest BCUT2D eigenvalue weighted by Crippen LogP contribution is -2.56. The molecule has 1 aromatic carbocycles. The summed E-state index contributed by atoms with van der Waals surface area (Å²) in [7, 11) is 0. The molecule has 9 nitrogen and oxygen atoms in total. The van der Waals surface area contributed by atoms with Crippen LogP contribution in [-0.4, -0.2) is 59.3 Å². The normalized spacial score (nSPS) is 23.9. The summed E-state index contributed by atoms with van der Waals surface area (Å²) in [6.45, 7) is -0.521. The fourth-order valence-electron chi connectivity index (χ4n) is 2.66. The first-order valence-corrected chi connectivity index (χ1v) is 10.7. The van der Waals surface area contributed by atoms with Gasteiger partial charge in [0.05, 0.1) is 6.04 Å². The molecule has 3 atom stereocenters. The molecule has 0 spiro atoms. The predicted molar refractivity (Wildman–Crippen MR) is 115 cm³/mol. The second kappa shape index (κ2) is 12.6. The highest BCUT2D eigenvalue weighted by atomic mass is 32.2. The summed E-state index contributed by atoms with van der Waals surface area (Å²) in [6.07, 6.45) is 1.10. The number of benzene rings is 1. The summed E-state index contributed by atoms with van der Waals surface area (Å²) >= 11 is 1.17. The van der Waals surface area contributed by atoms with Crippen LogP contribution >= 0.6 is 11.8 Å². The van der Waals surface area contributed by atoms with E-state index in [0.29, 0.717) is 12.8 Å². The van der Waals surface area contributed by atoms with E-state index < -0.39 is 48.5 Å². The van der Waals surface area contributed by atoms with Crippen molar-refractivity contribution in [1.82, 2.24) is 10.6 Å². The summed E-state index contributed by atoms with van der Waals surface area (Å²) in [5.74, 6) is -0.109. The molecule has 2 rings (SSSR count). The van der Waals surface area contributed by atoms with Crippen molar-refractivity contribution in [3.05, 3.63) is 35.9 Å². The van der Waals surface area contributed by atoms with Gasteiger partial charge in [0.25, 0.3) is 0 Å². The molecule has 0 saturated carbocycles. The average Bonchev–Trinajstić information content (AvgIpc) is 2.75. The molecule has 1 aromatic rings. The van der Waals surface area contributed by atoms with Gasteiger partial charge in [0.1, 0.15) is 12.6 Å². The van der Waals surface area contributed by atoms with Gasteiger partial charge < -0.3 is 26.2 Å². The molecular weight excluding hydrogens is 422 g/mol. The minimum Gasteiger partial charge on any atom is -0.480 e. The number of nitrogens with two attached hydrogens (primary N) is 1. The highest BCUT2D eigenvalue weighted by Gasteiger charge is 2.29. The van der Waals surface area contributed by atoms with Crippen molar-refractivity contribution in [1.29, 1.82) is 0 Å². The van der Waals surface area contributed by atoms with E-state index in [1.807, 2.05) is 6.07 Å². The number of carboxylic acid groups (broad SMARTS) is 1. The third-order valence-electron chi connectivity index (χ3n) is 4.37. The van der Waals surface area contributed by atoms with E-state index in [1.165, 1.54) is 11.8 Å². The van der Waals surface area contributed by atoms with Crippen LogP contribution in [0, 0.1) is 11.2 Å². The number of rotatable bonds is 3. The van der Waals surface area contributed by atoms with Gasteiger partial charge in [-0.05, 0) is 17.2 Å². The number of amides is 2. The van der Waals surface area contributed by atoms with Gasteiger partial charge >= 0.3 is 11.9 Å². The summed E-state index contributed by atoms with van der Waals surface area (Å²) < 4.78 is 4.99. The second-order valence-corrected chi connectivity index (χ2v) is 7.71. The van der Waals surface area contributed by atoms with Crippen molar-refractivity contribution in [2.45, 2.75) is 43.8 Å². The molecule has 0 bridgehead atoms. The molecule has 0 unspecified atom stereocenters. The number of esters is 1. The minimum atomic E-state index is -1.45. The molecule has 166 valence electrons. The first kappa shape index (κ1) is 24.2. The van der Waals surface area contributed by atoms with Gasteiger partial charge in [-0.1, -0.05) is 48.0 Å². The SMILES string of the molecule is N[C@H]1CSC#CCCCC(=O)OC[C@@H](C(=O)O)NC(=O)[C@H](Cc2ccccc2)NC1=O. The summed E-state index contributed by atoms with van der Waals surface area (Å²) in [5.41, 5.74) is 6.68. The first-order chi connectivity index (χ1) is 14.9. The lowest BCUT2D eigenvalue weighted by atomic mass is 10.0. The molecule has 1 aliphatic rings. The van der Waals surface area contributed by atoms with Gasteiger partial charge in [-0.3, -0.25) is 14.4 Å². The van der Waals surface area contributed by atoms with Gasteiger partial charge in [0, 0.05) is 25.0 Å². The molecule has 31 heavy (non-hydrogen) atoms. The Labute approximate surface area is 184 Å². The first-order valence-electron chi connectivity index (χ1n) is 9.75. The van der Waals surface area contributed by atoms with Crippen LogP contribution < -0.4 is 16.4 Å². The average molecular weight is 448 g/mol. The highest BCUT2D eigenvalue weighted by Crippen LogP contribution is 2.07. The molecule has 0 fully saturated rings. The van der Waals surface area contributed by atoms with Crippen molar-refractivity contribution in [3.63, 3.8) is 0 Å². The monoisotopic (exact) mass is 447 g/mol. The van der Waals surface area contributed by atoms with Crippen molar-refractivity contribution in [2.75, 3.05) is 12.4 Å². The summed E-state index contributed by atoms with van der Waals surface area (Å²) in [6, 6.07) is 5.53. The molecule has 10 heteroatoms. The Bertz CT molecular complexity index is 852. The molecule has 1 aliphatic heterocycles. The number of thioether (sulfide) groups is 1. The number of aliphatic carboxylic acids is 1.